The summed E-state index contributed by atoms with van der Waals surface area (Å²) in [4.78, 5) is 1.47. The van der Waals surface area contributed by atoms with Crippen LogP contribution in [-0.4, -0.2) is 26.2 Å². The Morgan fingerprint density at radius 3 is 2.93 bits per heavy atom. The van der Waals surface area contributed by atoms with E-state index in [9.17, 15) is 5.11 Å². The molecule has 1 heterocycles. The summed E-state index contributed by atoms with van der Waals surface area (Å²) >= 11 is 0. The molecular weight excluding hydrogens is 180 g/mol. The molecule has 14 heavy (non-hydrogen) atoms. The van der Waals surface area contributed by atoms with Gasteiger partial charge in [0.15, 0.2) is 5.69 Å². The van der Waals surface area contributed by atoms with Crippen molar-refractivity contribution < 1.29 is 5.11 Å². The van der Waals surface area contributed by atoms with Crippen LogP contribution < -0.4 is 0 Å². The minimum absolute atomic E-state index is 0.0501. The van der Waals surface area contributed by atoms with Crippen LogP contribution in [0.1, 0.15) is 37.4 Å². The number of hydrogen-bond donors (Lipinski definition) is 1. The summed E-state index contributed by atoms with van der Waals surface area (Å²) in [6.45, 7) is 0. The van der Waals surface area contributed by atoms with Crippen LogP contribution in [0.2, 0.25) is 0 Å². The molecule has 1 aromatic heterocycles. The van der Waals surface area contributed by atoms with E-state index >= 15 is 0 Å². The van der Waals surface area contributed by atoms with E-state index in [4.69, 9.17) is 5.26 Å². The third-order valence-electron chi connectivity index (χ3n) is 2.61. The van der Waals surface area contributed by atoms with Crippen molar-refractivity contribution in [3.63, 3.8) is 0 Å². The largest absolute Gasteiger partial charge is 0.391 e. The number of hydrogen-bond acceptors (Lipinski definition) is 4. The summed E-state index contributed by atoms with van der Waals surface area (Å²) in [5.41, 5.74) is 0.308. The third-order valence-corrected chi connectivity index (χ3v) is 2.61. The van der Waals surface area contributed by atoms with E-state index in [1.165, 1.54) is 11.0 Å². The Labute approximate surface area is 82.0 Å². The normalized spacial score (nSPS) is 27.1. The van der Waals surface area contributed by atoms with Crippen molar-refractivity contribution in [2.75, 3.05) is 0 Å². The molecule has 1 fully saturated rings. The summed E-state index contributed by atoms with van der Waals surface area (Å²) in [5, 5.41) is 26.3. The van der Waals surface area contributed by atoms with Crippen molar-refractivity contribution in [3.05, 3.63) is 11.9 Å². The Morgan fingerprint density at radius 2 is 2.29 bits per heavy atom. The Morgan fingerprint density at radius 1 is 1.50 bits per heavy atom. The quantitative estimate of drug-likeness (QED) is 0.708. The van der Waals surface area contributed by atoms with E-state index in [-0.39, 0.29) is 12.1 Å². The molecule has 0 aliphatic heterocycles. The van der Waals surface area contributed by atoms with Crippen LogP contribution >= 0.6 is 0 Å². The molecule has 1 aromatic rings. The number of aromatic nitrogens is 3. The summed E-state index contributed by atoms with van der Waals surface area (Å²) in [6, 6.07) is 1.88. The van der Waals surface area contributed by atoms with Crippen LogP contribution in [0.15, 0.2) is 6.20 Å². The molecule has 0 spiro atoms. The Balaban J connectivity index is 2.17. The standard InChI is InChI=1S/C9H12N4O/c10-5-7-6-11-13(12-7)8-3-1-2-4-9(8)14/h6,8-9,14H,1-4H2. The molecule has 1 aliphatic rings. The number of nitrogens with zero attached hydrogens (tertiary/aromatic N) is 4. The van der Waals surface area contributed by atoms with Crippen molar-refractivity contribution in [3.8, 4) is 6.07 Å². The second-order valence-electron chi connectivity index (χ2n) is 3.58. The summed E-state index contributed by atoms with van der Waals surface area (Å²) in [7, 11) is 0. The molecule has 2 unspecified atom stereocenters. The Bertz CT molecular complexity index is 354. The van der Waals surface area contributed by atoms with Crippen LogP contribution in [0.4, 0.5) is 0 Å². The molecule has 5 heteroatoms. The van der Waals surface area contributed by atoms with E-state index in [0.29, 0.717) is 5.69 Å². The van der Waals surface area contributed by atoms with Crippen LogP contribution in [0.25, 0.3) is 0 Å². The molecule has 74 valence electrons. The zero-order chi connectivity index (χ0) is 9.97. The molecule has 2 atom stereocenters. The van der Waals surface area contributed by atoms with E-state index in [2.05, 4.69) is 10.2 Å². The predicted molar refractivity (Wildman–Crippen MR) is 48.2 cm³/mol. The maximum atomic E-state index is 9.72. The molecule has 1 aliphatic carbocycles. The van der Waals surface area contributed by atoms with Crippen molar-refractivity contribution in [1.29, 1.82) is 5.26 Å². The highest BCUT2D eigenvalue weighted by Crippen LogP contribution is 2.27. The van der Waals surface area contributed by atoms with Gasteiger partial charge in [0, 0.05) is 0 Å². The lowest BCUT2D eigenvalue weighted by molar-refractivity contribution is 0.0621. The fourth-order valence-electron chi connectivity index (χ4n) is 1.85. The molecule has 5 nitrogen and oxygen atoms in total. The molecule has 0 saturated heterocycles. The van der Waals surface area contributed by atoms with Gasteiger partial charge < -0.3 is 5.11 Å². The van der Waals surface area contributed by atoms with Crippen LogP contribution in [0, 0.1) is 11.3 Å². The first-order valence-corrected chi connectivity index (χ1v) is 4.81. The highest BCUT2D eigenvalue weighted by Gasteiger charge is 2.26. The lowest BCUT2D eigenvalue weighted by Gasteiger charge is -2.26. The maximum absolute atomic E-state index is 9.72. The van der Waals surface area contributed by atoms with E-state index in [0.717, 1.165) is 25.7 Å². The SMILES string of the molecule is N#Cc1cnn(C2CCCCC2O)n1. The van der Waals surface area contributed by atoms with Gasteiger partial charge in [0.2, 0.25) is 0 Å². The highest BCUT2D eigenvalue weighted by atomic mass is 16.3. The number of aliphatic hydroxyl groups excluding tert-OH is 1. The smallest absolute Gasteiger partial charge is 0.182 e. The van der Waals surface area contributed by atoms with Crippen molar-refractivity contribution in [1.82, 2.24) is 15.0 Å². The average Bonchev–Trinajstić information content (AvgIpc) is 2.67. The fraction of sp³-hybridized carbons (Fsp3) is 0.667. The highest BCUT2D eigenvalue weighted by molar-refractivity contribution is 5.12. The monoisotopic (exact) mass is 192 g/mol. The van der Waals surface area contributed by atoms with Gasteiger partial charge in [-0.1, -0.05) is 12.8 Å². The minimum atomic E-state index is -0.373. The predicted octanol–water partition coefficient (Wildman–Crippen LogP) is 0.626. The zero-order valence-corrected chi connectivity index (χ0v) is 7.80. The summed E-state index contributed by atoms with van der Waals surface area (Å²) in [5.74, 6) is 0. The molecular formula is C9H12N4O. The van der Waals surface area contributed by atoms with Crippen molar-refractivity contribution in [2.45, 2.75) is 37.8 Å². The lowest BCUT2D eigenvalue weighted by Crippen LogP contribution is -2.29. The molecule has 2 rings (SSSR count). The summed E-state index contributed by atoms with van der Waals surface area (Å²) in [6.07, 6.45) is 4.90. The van der Waals surface area contributed by atoms with E-state index in [1.54, 1.807) is 0 Å². The average molecular weight is 192 g/mol. The number of aliphatic hydroxyl groups is 1. The van der Waals surface area contributed by atoms with Crippen molar-refractivity contribution >= 4 is 0 Å². The van der Waals surface area contributed by atoms with Gasteiger partial charge in [-0.05, 0) is 12.8 Å². The van der Waals surface area contributed by atoms with Crippen LogP contribution in [0.3, 0.4) is 0 Å². The zero-order valence-electron chi connectivity index (χ0n) is 7.80. The van der Waals surface area contributed by atoms with E-state index in [1.807, 2.05) is 6.07 Å². The van der Waals surface area contributed by atoms with Crippen LogP contribution in [0.5, 0.6) is 0 Å². The second kappa shape index (κ2) is 3.76. The fourth-order valence-corrected chi connectivity index (χ4v) is 1.85. The number of nitriles is 1. The third kappa shape index (κ3) is 1.61. The van der Waals surface area contributed by atoms with Gasteiger partial charge >= 0.3 is 0 Å². The first-order chi connectivity index (χ1) is 6.81. The topological polar surface area (TPSA) is 74.7 Å². The first kappa shape index (κ1) is 9.16. The van der Waals surface area contributed by atoms with Gasteiger partial charge in [0.25, 0.3) is 0 Å². The van der Waals surface area contributed by atoms with Gasteiger partial charge in [-0.25, -0.2) is 0 Å². The number of rotatable bonds is 1. The molecule has 1 N–H and O–H groups in total. The maximum Gasteiger partial charge on any atom is 0.182 e. The van der Waals surface area contributed by atoms with Gasteiger partial charge in [-0.15, -0.1) is 5.10 Å². The molecule has 0 amide bonds. The van der Waals surface area contributed by atoms with Crippen molar-refractivity contribution in [2.24, 2.45) is 0 Å². The van der Waals surface area contributed by atoms with Gasteiger partial charge in [0.1, 0.15) is 6.07 Å². The van der Waals surface area contributed by atoms with E-state index < -0.39 is 0 Å². The van der Waals surface area contributed by atoms with Gasteiger partial charge in [0.05, 0.1) is 18.3 Å². The Kier molecular flexibility index (Phi) is 2.46. The van der Waals surface area contributed by atoms with Crippen LogP contribution in [-0.2, 0) is 0 Å². The minimum Gasteiger partial charge on any atom is -0.391 e. The molecule has 1 saturated carbocycles. The van der Waals surface area contributed by atoms with Gasteiger partial charge in [-0.3, -0.25) is 0 Å². The lowest BCUT2D eigenvalue weighted by atomic mass is 9.93. The Hall–Kier alpha value is -1.41. The second-order valence-corrected chi connectivity index (χ2v) is 3.58. The molecule has 0 aromatic carbocycles. The summed E-state index contributed by atoms with van der Waals surface area (Å²) < 4.78 is 0. The van der Waals surface area contributed by atoms with Gasteiger partial charge in [-0.2, -0.15) is 15.2 Å². The first-order valence-electron chi connectivity index (χ1n) is 4.81. The molecule has 0 bridgehead atoms. The molecule has 0 radical (unpaired) electrons.